The van der Waals surface area contributed by atoms with Crippen molar-refractivity contribution in [3.63, 3.8) is 0 Å². The Morgan fingerprint density at radius 2 is 1.04 bits per heavy atom. The molecule has 4 aromatic carbocycles. The number of nitrogens with zero attached hydrogens (tertiary/aromatic N) is 4. The van der Waals surface area contributed by atoms with Crippen LogP contribution in [0, 0.1) is 11.6 Å². The maximum absolute atomic E-state index is 14.8. The van der Waals surface area contributed by atoms with Crippen LogP contribution in [0.5, 0.6) is 11.5 Å². The lowest BCUT2D eigenvalue weighted by Crippen LogP contribution is -2.46. The molecule has 0 aliphatic carbocycles. The number of hydrogen-bond acceptors (Lipinski definition) is 9. The number of fused-ring (bicyclic) bond motifs is 2. The van der Waals surface area contributed by atoms with Gasteiger partial charge in [-0.3, -0.25) is 28.8 Å². The number of benzene rings is 4. The van der Waals surface area contributed by atoms with Gasteiger partial charge >= 0.3 is 7.60 Å². The number of carbonyl (C=O) groups excluding carboxylic acids is 6. The van der Waals surface area contributed by atoms with E-state index in [0.717, 1.165) is 9.80 Å². The highest BCUT2D eigenvalue weighted by atomic mass is 35.5. The Hall–Kier alpha value is -6.69. The highest BCUT2D eigenvalue weighted by Crippen LogP contribution is 2.46. The summed E-state index contributed by atoms with van der Waals surface area (Å²) in [6.07, 6.45) is -0.678. The van der Waals surface area contributed by atoms with E-state index in [-0.39, 0.29) is 107 Å². The van der Waals surface area contributed by atoms with Crippen molar-refractivity contribution in [1.82, 2.24) is 29.6 Å². The molecule has 372 valence electrons. The Labute approximate surface area is 413 Å². The van der Waals surface area contributed by atoms with E-state index in [4.69, 9.17) is 32.2 Å². The van der Waals surface area contributed by atoms with Gasteiger partial charge in [0.25, 0.3) is 0 Å². The zero-order chi connectivity index (χ0) is 51.1. The van der Waals surface area contributed by atoms with Crippen LogP contribution in [0.4, 0.5) is 17.6 Å². The molecule has 2 saturated heterocycles. The van der Waals surface area contributed by atoms with Crippen LogP contribution in [-0.2, 0) is 49.9 Å². The smallest absolute Gasteiger partial charge is 0.416 e. The first-order chi connectivity index (χ1) is 33.7. The summed E-state index contributed by atoms with van der Waals surface area (Å²) in [6.45, 7) is 1.84. The molecule has 2 N–H and O–H groups in total. The van der Waals surface area contributed by atoms with Crippen molar-refractivity contribution in [2.75, 3.05) is 19.8 Å². The van der Waals surface area contributed by atoms with Crippen LogP contribution in [0.3, 0.4) is 0 Å². The second-order valence-corrected chi connectivity index (χ2v) is 20.1. The third-order valence-corrected chi connectivity index (χ3v) is 14.0. The van der Waals surface area contributed by atoms with E-state index in [1.54, 1.807) is 0 Å². The minimum atomic E-state index is -4.04. The predicted molar refractivity (Wildman–Crippen MR) is 255 cm³/mol. The largest absolute Gasteiger partial charge is 0.427 e. The van der Waals surface area contributed by atoms with Crippen LogP contribution >= 0.6 is 30.8 Å². The Balaban J connectivity index is 0.945. The number of aromatic nitrogens is 2. The number of halogens is 6. The standard InChI is InChI=1S/C49H45Cl2F4N6O9P/c1-26(62)36-22-58(24-44(64)60-20-30(52)14-42(60)48(66)56-18-28-6-4-8-38(50)46(28)54)40-12-10-32(16-34(36)40)69-71(3,68)70-33-11-13-41-35(17-33)37(27(2)63)23-59(41)25-45(65)61-21-31(53)15-43(61)49(67)57-19-29-7-5-9-39(51)47(29)55/h4-13,16-17,22-23,30-31,42-43H,14-15,18-21,24-25H2,1-3H3,(H,56,66)(H,57,67)/t30-,31-,42+,43+/m1/s1. The van der Waals surface area contributed by atoms with Gasteiger partial charge < -0.3 is 38.6 Å². The fourth-order valence-corrected chi connectivity index (χ4v) is 10.4. The molecule has 71 heavy (non-hydrogen) atoms. The maximum Gasteiger partial charge on any atom is 0.427 e. The average Bonchev–Trinajstić information content (AvgIpc) is 4.09. The summed E-state index contributed by atoms with van der Waals surface area (Å²) in [4.78, 5) is 81.7. The quantitative estimate of drug-likeness (QED) is 0.0548. The van der Waals surface area contributed by atoms with Crippen molar-refractivity contribution < 1.29 is 59.9 Å². The molecule has 4 atom stereocenters. The molecule has 8 rings (SSSR count). The molecule has 2 fully saturated rings. The molecular weight excluding hydrogens is 994 g/mol. The maximum atomic E-state index is 14.8. The van der Waals surface area contributed by atoms with E-state index in [0.29, 0.717) is 21.8 Å². The van der Waals surface area contributed by atoms with Gasteiger partial charge in [-0.1, -0.05) is 47.5 Å². The third kappa shape index (κ3) is 11.0. The number of alkyl halides is 2. The van der Waals surface area contributed by atoms with E-state index < -0.39 is 67.3 Å². The number of amides is 4. The van der Waals surface area contributed by atoms with Crippen LogP contribution in [0.15, 0.2) is 85.2 Å². The highest BCUT2D eigenvalue weighted by molar-refractivity contribution is 7.53. The van der Waals surface area contributed by atoms with Crippen molar-refractivity contribution in [3.8, 4) is 11.5 Å². The molecule has 4 heterocycles. The van der Waals surface area contributed by atoms with Crippen molar-refractivity contribution in [3.05, 3.63) is 129 Å². The summed E-state index contributed by atoms with van der Waals surface area (Å²) in [5.41, 5.74) is 1.35. The van der Waals surface area contributed by atoms with E-state index in [2.05, 4.69) is 10.6 Å². The zero-order valence-electron chi connectivity index (χ0n) is 38.2. The molecule has 0 unspecified atom stereocenters. The summed E-state index contributed by atoms with van der Waals surface area (Å²) in [5.74, 6) is -4.74. The molecule has 2 aliphatic heterocycles. The normalized spacial score (nSPS) is 18.0. The minimum Gasteiger partial charge on any atom is -0.416 e. The van der Waals surface area contributed by atoms with Crippen molar-refractivity contribution >= 4 is 87.8 Å². The van der Waals surface area contributed by atoms with Crippen molar-refractivity contribution in [2.45, 2.75) is 77.3 Å². The summed E-state index contributed by atoms with van der Waals surface area (Å²) in [6, 6.07) is 15.1. The van der Waals surface area contributed by atoms with Crippen molar-refractivity contribution in [2.24, 2.45) is 0 Å². The first-order valence-corrected chi connectivity index (χ1v) is 24.9. The number of ketones is 2. The average molecular weight is 1040 g/mol. The molecule has 6 aromatic rings. The molecule has 2 aromatic heterocycles. The fourth-order valence-electron chi connectivity index (χ4n) is 8.95. The van der Waals surface area contributed by atoms with E-state index >= 15 is 0 Å². The van der Waals surface area contributed by atoms with Gasteiger partial charge in [-0.05, 0) is 62.4 Å². The number of nitrogens with one attached hydrogen (secondary N) is 2. The fraction of sp³-hybridized carbons (Fsp3) is 0.306. The van der Waals surface area contributed by atoms with Gasteiger partial charge in [0.15, 0.2) is 11.6 Å². The topological polar surface area (TPSA) is 178 Å². The van der Waals surface area contributed by atoms with Crippen molar-refractivity contribution in [1.29, 1.82) is 0 Å². The second kappa shape index (κ2) is 20.6. The molecule has 0 spiro atoms. The minimum absolute atomic E-state index is 0.0267. The molecule has 15 nitrogen and oxygen atoms in total. The molecule has 0 saturated carbocycles. The van der Waals surface area contributed by atoms with Gasteiger partial charge in [-0.25, -0.2) is 22.1 Å². The highest BCUT2D eigenvalue weighted by Gasteiger charge is 2.41. The van der Waals surface area contributed by atoms with Crippen LogP contribution < -0.4 is 19.7 Å². The molecule has 2 aliphatic rings. The number of rotatable bonds is 16. The van der Waals surface area contributed by atoms with Gasteiger partial charge in [0.05, 0.1) is 29.8 Å². The molecule has 0 bridgehead atoms. The lowest BCUT2D eigenvalue weighted by atomic mass is 10.1. The second-order valence-electron chi connectivity index (χ2n) is 17.4. The van der Waals surface area contributed by atoms with E-state index in [1.165, 1.54) is 115 Å². The zero-order valence-corrected chi connectivity index (χ0v) is 40.6. The Bertz CT molecular complexity index is 3000. The van der Waals surface area contributed by atoms with Gasteiger partial charge in [-0.2, -0.15) is 0 Å². The summed E-state index contributed by atoms with van der Waals surface area (Å²) in [5, 5.41) is 5.50. The Morgan fingerprint density at radius 3 is 1.42 bits per heavy atom. The predicted octanol–water partition coefficient (Wildman–Crippen LogP) is 8.38. The Morgan fingerprint density at radius 1 is 0.648 bits per heavy atom. The van der Waals surface area contributed by atoms with Crippen LogP contribution in [-0.4, -0.2) is 98.3 Å². The molecular formula is C49H45Cl2F4N6O9P. The van der Waals surface area contributed by atoms with Crippen LogP contribution in [0.1, 0.15) is 58.5 Å². The lowest BCUT2D eigenvalue weighted by molar-refractivity contribution is -0.139. The van der Waals surface area contributed by atoms with Gasteiger partial charge in [-0.15, -0.1) is 0 Å². The monoisotopic (exact) mass is 1040 g/mol. The number of hydrogen-bond donors (Lipinski definition) is 2. The van der Waals surface area contributed by atoms with Gasteiger partial charge in [0.1, 0.15) is 60.7 Å². The van der Waals surface area contributed by atoms with Crippen LogP contribution in [0.2, 0.25) is 10.0 Å². The Kier molecular flexibility index (Phi) is 14.7. The number of carbonyl (C=O) groups is 6. The molecule has 22 heteroatoms. The van der Waals surface area contributed by atoms with Gasteiger partial charge in [0, 0.05) is 82.4 Å². The van der Waals surface area contributed by atoms with E-state index in [1.807, 2.05) is 0 Å². The number of Topliss-reactive ketones (excluding diaryl/α,β-unsaturated/α-hetero) is 2. The third-order valence-electron chi connectivity index (χ3n) is 12.3. The first kappa shape index (κ1) is 50.7. The summed E-state index contributed by atoms with van der Waals surface area (Å²) < 4.78 is 87.0. The first-order valence-electron chi connectivity index (χ1n) is 22.2. The molecule has 4 amide bonds. The summed E-state index contributed by atoms with van der Waals surface area (Å²) in [7, 11) is -4.04. The SMILES string of the molecule is CC(=O)c1cn(CC(=O)N2C[C@H](F)C[C@H]2C(=O)NCc2cccc(Cl)c2F)c2ccc(OP(C)(=O)Oc3ccc4c(c3)c(C(C)=O)cn4CC(=O)N3C[C@H](F)C[C@H]3C(=O)NCc3cccc(Cl)c3F)cc12. The van der Waals surface area contributed by atoms with E-state index in [9.17, 15) is 50.9 Å². The summed E-state index contributed by atoms with van der Waals surface area (Å²) >= 11 is 11.7. The lowest BCUT2D eigenvalue weighted by Gasteiger charge is -2.24. The molecule has 0 radical (unpaired) electrons. The van der Waals surface area contributed by atoms with Crippen LogP contribution in [0.25, 0.3) is 21.8 Å². The number of likely N-dealkylation sites (tertiary alicyclic amines) is 2. The van der Waals surface area contributed by atoms with Gasteiger partial charge in [0.2, 0.25) is 23.6 Å².